The van der Waals surface area contributed by atoms with Gasteiger partial charge in [0.25, 0.3) is 0 Å². The number of benzene rings is 2. The molecule has 7 nitrogen and oxygen atoms in total. The fourth-order valence-corrected chi connectivity index (χ4v) is 4.93. The lowest BCUT2D eigenvalue weighted by atomic mass is 10.1. The van der Waals surface area contributed by atoms with Crippen LogP contribution in [0.3, 0.4) is 0 Å². The van der Waals surface area contributed by atoms with Crippen LogP contribution in [-0.2, 0) is 0 Å². The van der Waals surface area contributed by atoms with E-state index in [1.165, 1.54) is 18.9 Å². The number of amides is 1. The number of hydrogen-bond acceptors (Lipinski definition) is 7. The number of hydrogen-bond donors (Lipinski definition) is 0. The zero-order chi connectivity index (χ0) is 22.7. The van der Waals surface area contributed by atoms with E-state index in [0.29, 0.717) is 51.5 Å². The minimum absolute atomic E-state index is 0.174. The fourth-order valence-electron chi connectivity index (χ4n) is 3.82. The molecule has 1 fully saturated rings. The lowest BCUT2D eigenvalue weighted by molar-refractivity contribution is 0.103. The minimum atomic E-state index is -0.387. The van der Waals surface area contributed by atoms with Crippen LogP contribution in [0.4, 0.5) is 4.79 Å². The number of carbonyl (C=O) groups is 2. The predicted molar refractivity (Wildman–Crippen MR) is 122 cm³/mol. The average Bonchev–Trinajstić information content (AvgIpc) is 3.16. The summed E-state index contributed by atoms with van der Waals surface area (Å²) >= 11 is 1.27. The van der Waals surface area contributed by atoms with E-state index in [0.717, 1.165) is 24.8 Å². The van der Waals surface area contributed by atoms with Gasteiger partial charge in [-0.3, -0.25) is 4.79 Å². The van der Waals surface area contributed by atoms with E-state index in [9.17, 15) is 9.59 Å². The van der Waals surface area contributed by atoms with Crippen LogP contribution >= 0.6 is 11.8 Å². The first kappa shape index (κ1) is 22.1. The first-order valence-electron chi connectivity index (χ1n) is 10.4. The predicted octanol–water partition coefficient (Wildman–Crippen LogP) is 5.03. The smallest absolute Gasteiger partial charge is 0.415 e. The summed E-state index contributed by atoms with van der Waals surface area (Å²) in [7, 11) is 4.65. The van der Waals surface area contributed by atoms with Gasteiger partial charge >= 0.3 is 6.09 Å². The van der Waals surface area contributed by atoms with Crippen LogP contribution in [0.15, 0.2) is 40.1 Å². The lowest BCUT2D eigenvalue weighted by Crippen LogP contribution is -2.37. The molecule has 1 saturated heterocycles. The molecular formula is C24H25NO6S. The average molecular weight is 456 g/mol. The molecule has 4 rings (SSSR count). The molecule has 0 spiro atoms. The number of allylic oxidation sites excluding steroid dienone is 1. The Morgan fingerprint density at radius 3 is 2.25 bits per heavy atom. The Bertz CT molecular complexity index is 1070. The third-order valence-corrected chi connectivity index (χ3v) is 6.62. The maximum absolute atomic E-state index is 13.2. The fraction of sp³-hybridized carbons (Fsp3) is 0.333. The maximum Gasteiger partial charge on any atom is 0.415 e. The highest BCUT2D eigenvalue weighted by Crippen LogP contribution is 2.49. The van der Waals surface area contributed by atoms with Gasteiger partial charge in [-0.15, -0.1) is 0 Å². The zero-order valence-electron chi connectivity index (χ0n) is 18.3. The highest BCUT2D eigenvalue weighted by molar-refractivity contribution is 8.05. The van der Waals surface area contributed by atoms with Gasteiger partial charge in [0.05, 0.1) is 36.7 Å². The molecule has 0 N–H and O–H groups in total. The monoisotopic (exact) mass is 455 g/mol. The topological polar surface area (TPSA) is 74.3 Å². The van der Waals surface area contributed by atoms with Gasteiger partial charge in [0.2, 0.25) is 5.78 Å². The van der Waals surface area contributed by atoms with Crippen molar-refractivity contribution in [1.82, 2.24) is 4.90 Å². The summed E-state index contributed by atoms with van der Waals surface area (Å²) in [6.45, 7) is 1.38. The molecule has 0 aliphatic carbocycles. The molecule has 8 heteroatoms. The Labute approximate surface area is 191 Å². The number of carbonyl (C=O) groups excluding carboxylic acids is 2. The first-order valence-corrected chi connectivity index (χ1v) is 11.2. The largest absolute Gasteiger partial charge is 0.496 e. The molecule has 2 aliphatic rings. The van der Waals surface area contributed by atoms with E-state index in [1.807, 2.05) is 6.07 Å². The number of rotatable bonds is 5. The van der Waals surface area contributed by atoms with Crippen molar-refractivity contribution in [1.29, 1.82) is 0 Å². The summed E-state index contributed by atoms with van der Waals surface area (Å²) in [5.41, 5.74) is 1.20. The van der Waals surface area contributed by atoms with Gasteiger partial charge in [0.1, 0.15) is 11.5 Å². The molecule has 168 valence electrons. The molecule has 2 heterocycles. The Kier molecular flexibility index (Phi) is 6.60. The van der Waals surface area contributed by atoms with Gasteiger partial charge in [-0.2, -0.15) is 0 Å². The zero-order valence-corrected chi connectivity index (χ0v) is 19.1. The summed E-state index contributed by atoms with van der Waals surface area (Å²) in [5.74, 6) is 1.82. The summed E-state index contributed by atoms with van der Waals surface area (Å²) in [4.78, 5) is 28.7. The number of ether oxygens (including phenoxy) is 4. The van der Waals surface area contributed by atoms with Crippen molar-refractivity contribution in [3.05, 3.63) is 46.4 Å². The van der Waals surface area contributed by atoms with Crippen molar-refractivity contribution in [3.63, 3.8) is 0 Å². The number of fused-ring (bicyclic) bond motifs is 1. The Balaban J connectivity index is 1.65. The second-order valence-electron chi connectivity index (χ2n) is 7.44. The van der Waals surface area contributed by atoms with Gasteiger partial charge in [-0.1, -0.05) is 17.8 Å². The van der Waals surface area contributed by atoms with E-state index in [4.69, 9.17) is 18.9 Å². The van der Waals surface area contributed by atoms with Crippen LogP contribution in [-0.4, -0.2) is 51.2 Å². The van der Waals surface area contributed by atoms with Crippen LogP contribution in [0.5, 0.6) is 23.0 Å². The molecule has 2 aromatic rings. The lowest BCUT2D eigenvalue weighted by Gasteiger charge is -2.26. The highest BCUT2D eigenvalue weighted by Gasteiger charge is 2.34. The molecule has 32 heavy (non-hydrogen) atoms. The van der Waals surface area contributed by atoms with Crippen LogP contribution in [0.2, 0.25) is 0 Å². The van der Waals surface area contributed by atoms with E-state index in [-0.39, 0.29) is 11.9 Å². The Morgan fingerprint density at radius 1 is 0.906 bits per heavy atom. The normalized spacial score (nSPS) is 16.7. The molecule has 0 atom stereocenters. The molecular weight excluding hydrogens is 430 g/mol. The van der Waals surface area contributed by atoms with Gasteiger partial charge in [-0.25, -0.2) is 4.79 Å². The van der Waals surface area contributed by atoms with Crippen molar-refractivity contribution >= 4 is 29.7 Å². The third kappa shape index (κ3) is 4.27. The first-order chi connectivity index (χ1) is 15.5. The van der Waals surface area contributed by atoms with E-state index >= 15 is 0 Å². The van der Waals surface area contributed by atoms with Gasteiger partial charge < -0.3 is 23.8 Å². The summed E-state index contributed by atoms with van der Waals surface area (Å²) in [5, 5.41) is 0. The van der Waals surface area contributed by atoms with E-state index in [2.05, 4.69) is 0 Å². The van der Waals surface area contributed by atoms with E-state index < -0.39 is 0 Å². The highest BCUT2D eigenvalue weighted by atomic mass is 32.2. The molecule has 0 aromatic heterocycles. The van der Waals surface area contributed by atoms with Gasteiger partial charge in [-0.05, 0) is 55.2 Å². The van der Waals surface area contributed by atoms with Gasteiger partial charge in [0.15, 0.2) is 11.5 Å². The number of ketones is 1. The second-order valence-corrected chi connectivity index (χ2v) is 8.49. The number of likely N-dealkylation sites (tertiary alicyclic amines) is 1. The number of thioether (sulfide) groups is 1. The SMILES string of the molecule is COc1ccc(/C=C2\Sc3c(OC(=O)N4CCCCC4)ccc(OC)c3C2=O)cc1OC. The Hall–Kier alpha value is -3.13. The van der Waals surface area contributed by atoms with Crippen molar-refractivity contribution in [2.24, 2.45) is 0 Å². The number of piperidine rings is 1. The molecule has 1 amide bonds. The summed E-state index contributed by atoms with van der Waals surface area (Å²) in [6.07, 6.45) is 4.46. The molecule has 0 saturated carbocycles. The van der Waals surface area contributed by atoms with Crippen LogP contribution in [0, 0.1) is 0 Å². The molecule has 0 bridgehead atoms. The van der Waals surface area contributed by atoms with Crippen LogP contribution < -0.4 is 18.9 Å². The second kappa shape index (κ2) is 9.56. The summed E-state index contributed by atoms with van der Waals surface area (Å²) < 4.78 is 21.8. The Morgan fingerprint density at radius 2 is 1.56 bits per heavy atom. The van der Waals surface area contributed by atoms with Crippen molar-refractivity contribution in [3.8, 4) is 23.0 Å². The minimum Gasteiger partial charge on any atom is -0.496 e. The number of methoxy groups -OCH3 is 3. The van der Waals surface area contributed by atoms with Crippen molar-refractivity contribution < 1.29 is 28.5 Å². The molecule has 2 aliphatic heterocycles. The van der Waals surface area contributed by atoms with E-state index in [1.54, 1.807) is 49.5 Å². The van der Waals surface area contributed by atoms with Crippen molar-refractivity contribution in [2.45, 2.75) is 24.2 Å². The maximum atomic E-state index is 13.2. The number of nitrogens with zero attached hydrogens (tertiary/aromatic N) is 1. The van der Waals surface area contributed by atoms with Crippen LogP contribution in [0.1, 0.15) is 35.2 Å². The van der Waals surface area contributed by atoms with Gasteiger partial charge in [0, 0.05) is 13.1 Å². The van der Waals surface area contributed by atoms with Crippen molar-refractivity contribution in [2.75, 3.05) is 34.4 Å². The third-order valence-electron chi connectivity index (χ3n) is 5.48. The summed E-state index contributed by atoms with van der Waals surface area (Å²) in [6, 6.07) is 8.78. The molecule has 2 aromatic carbocycles. The quantitative estimate of drug-likeness (QED) is 0.586. The van der Waals surface area contributed by atoms with Crippen LogP contribution in [0.25, 0.3) is 6.08 Å². The number of Topliss-reactive ketones (excluding diaryl/α,β-unsaturated/α-hetero) is 1. The molecule has 0 unspecified atom stereocenters. The standard InChI is InChI=1S/C24H25NO6S/c1-28-16-8-7-15(13-19(16)30-3)14-20-22(26)21-17(29-2)9-10-18(23(21)32-20)31-24(27)25-11-5-4-6-12-25/h7-10,13-14H,4-6,11-12H2,1-3H3/b20-14-. The molecule has 0 radical (unpaired) electrons.